The lowest BCUT2D eigenvalue weighted by atomic mass is 10.1. The van der Waals surface area contributed by atoms with E-state index in [0.29, 0.717) is 23.9 Å². The zero-order valence-electron chi connectivity index (χ0n) is 10.9. The van der Waals surface area contributed by atoms with Crippen LogP contribution in [-0.2, 0) is 4.79 Å². The summed E-state index contributed by atoms with van der Waals surface area (Å²) in [6.45, 7) is 2.96. The molecule has 1 heterocycles. The minimum absolute atomic E-state index is 0.0457. The third kappa shape index (κ3) is 3.85. The largest absolute Gasteiger partial charge is 0.482 e. The van der Waals surface area contributed by atoms with E-state index in [2.05, 4.69) is 0 Å². The topological polar surface area (TPSA) is 49.8 Å². The van der Waals surface area contributed by atoms with E-state index in [1.807, 2.05) is 13.0 Å². The SMILES string of the molecule is Cc1ccc(Cl)c(OCC(=O)N2CCC[C@H](O)C2)c1. The molecule has 5 heteroatoms. The maximum absolute atomic E-state index is 12.0. The number of piperidine rings is 1. The fraction of sp³-hybridized carbons (Fsp3) is 0.500. The summed E-state index contributed by atoms with van der Waals surface area (Å²) < 4.78 is 5.46. The second kappa shape index (κ2) is 6.26. The number of hydrogen-bond donors (Lipinski definition) is 1. The Morgan fingerprint density at radius 3 is 3.11 bits per heavy atom. The van der Waals surface area contributed by atoms with Gasteiger partial charge >= 0.3 is 0 Å². The number of carbonyl (C=O) groups excluding carboxylic acids is 1. The van der Waals surface area contributed by atoms with Crippen molar-refractivity contribution in [2.75, 3.05) is 19.7 Å². The number of benzene rings is 1. The van der Waals surface area contributed by atoms with Crippen molar-refractivity contribution in [3.63, 3.8) is 0 Å². The zero-order chi connectivity index (χ0) is 13.8. The molecule has 104 valence electrons. The van der Waals surface area contributed by atoms with Gasteiger partial charge in [-0.05, 0) is 37.5 Å². The molecule has 0 saturated carbocycles. The Labute approximate surface area is 117 Å². The number of rotatable bonds is 3. The number of ether oxygens (including phenoxy) is 1. The number of nitrogens with zero attached hydrogens (tertiary/aromatic N) is 1. The number of β-amino-alcohol motifs (C(OH)–C–C–N with tert-alkyl or cyclic N) is 1. The van der Waals surface area contributed by atoms with Gasteiger partial charge in [-0.15, -0.1) is 0 Å². The van der Waals surface area contributed by atoms with Crippen LogP contribution in [0.5, 0.6) is 5.75 Å². The molecular formula is C14H18ClNO3. The summed E-state index contributed by atoms with van der Waals surface area (Å²) >= 11 is 6.00. The molecule has 0 aliphatic carbocycles. The number of likely N-dealkylation sites (tertiary alicyclic amines) is 1. The van der Waals surface area contributed by atoms with Gasteiger partial charge in [-0.2, -0.15) is 0 Å². The van der Waals surface area contributed by atoms with E-state index in [9.17, 15) is 9.90 Å². The van der Waals surface area contributed by atoms with Crippen LogP contribution in [-0.4, -0.2) is 41.7 Å². The van der Waals surface area contributed by atoms with Crippen molar-refractivity contribution >= 4 is 17.5 Å². The average Bonchev–Trinajstić information content (AvgIpc) is 2.39. The quantitative estimate of drug-likeness (QED) is 0.923. The van der Waals surface area contributed by atoms with Gasteiger partial charge in [-0.1, -0.05) is 17.7 Å². The van der Waals surface area contributed by atoms with Crippen LogP contribution in [0.1, 0.15) is 18.4 Å². The molecule has 1 aliphatic heterocycles. The molecule has 0 unspecified atom stereocenters. The van der Waals surface area contributed by atoms with Gasteiger partial charge in [0.25, 0.3) is 5.91 Å². The lowest BCUT2D eigenvalue weighted by Crippen LogP contribution is -2.44. The van der Waals surface area contributed by atoms with Gasteiger partial charge in [0.2, 0.25) is 0 Å². The number of aryl methyl sites for hydroxylation is 1. The summed E-state index contributed by atoms with van der Waals surface area (Å²) in [4.78, 5) is 13.6. The highest BCUT2D eigenvalue weighted by atomic mass is 35.5. The monoisotopic (exact) mass is 283 g/mol. The highest BCUT2D eigenvalue weighted by Gasteiger charge is 2.22. The molecule has 0 aromatic heterocycles. The van der Waals surface area contributed by atoms with E-state index in [1.54, 1.807) is 17.0 Å². The van der Waals surface area contributed by atoms with E-state index in [4.69, 9.17) is 16.3 Å². The standard InChI is InChI=1S/C14H18ClNO3/c1-10-4-5-12(15)13(7-10)19-9-14(18)16-6-2-3-11(17)8-16/h4-5,7,11,17H,2-3,6,8-9H2,1H3/t11-/m0/s1. The molecule has 0 bridgehead atoms. The molecule has 2 rings (SSSR count). The molecule has 1 aromatic carbocycles. The van der Waals surface area contributed by atoms with Crippen LogP contribution in [0.25, 0.3) is 0 Å². The van der Waals surface area contributed by atoms with Gasteiger partial charge in [0, 0.05) is 13.1 Å². The molecule has 1 fully saturated rings. The summed E-state index contributed by atoms with van der Waals surface area (Å²) in [5.74, 6) is 0.406. The van der Waals surface area contributed by atoms with Crippen LogP contribution < -0.4 is 4.74 Å². The number of carbonyl (C=O) groups is 1. The highest BCUT2D eigenvalue weighted by Crippen LogP contribution is 2.25. The molecule has 0 spiro atoms. The van der Waals surface area contributed by atoms with Gasteiger partial charge in [-0.25, -0.2) is 0 Å². The normalized spacial score (nSPS) is 19.3. The molecule has 1 N–H and O–H groups in total. The Morgan fingerprint density at radius 1 is 1.58 bits per heavy atom. The summed E-state index contributed by atoms with van der Waals surface area (Å²) in [5, 5.41) is 10.0. The van der Waals surface area contributed by atoms with Crippen molar-refractivity contribution in [1.29, 1.82) is 0 Å². The Kier molecular flexibility index (Phi) is 4.66. The number of aliphatic hydroxyl groups is 1. The van der Waals surface area contributed by atoms with Crippen molar-refractivity contribution in [1.82, 2.24) is 4.90 Å². The van der Waals surface area contributed by atoms with Crippen molar-refractivity contribution in [3.8, 4) is 5.75 Å². The fourth-order valence-electron chi connectivity index (χ4n) is 2.13. The number of halogens is 1. The molecule has 4 nitrogen and oxygen atoms in total. The van der Waals surface area contributed by atoms with Crippen molar-refractivity contribution in [3.05, 3.63) is 28.8 Å². The molecule has 1 aliphatic rings. The van der Waals surface area contributed by atoms with Gasteiger partial charge in [0.1, 0.15) is 5.75 Å². The highest BCUT2D eigenvalue weighted by molar-refractivity contribution is 6.32. The van der Waals surface area contributed by atoms with Crippen LogP contribution in [0.2, 0.25) is 5.02 Å². The molecular weight excluding hydrogens is 266 g/mol. The van der Waals surface area contributed by atoms with Crippen LogP contribution in [0.4, 0.5) is 0 Å². The van der Waals surface area contributed by atoms with Crippen LogP contribution in [0, 0.1) is 6.92 Å². The summed E-state index contributed by atoms with van der Waals surface area (Å²) in [6.07, 6.45) is 1.17. The van der Waals surface area contributed by atoms with Gasteiger partial charge < -0.3 is 14.7 Å². The molecule has 1 amide bonds. The summed E-state index contributed by atoms with van der Waals surface area (Å²) in [5.41, 5.74) is 1.03. The molecule has 0 radical (unpaired) electrons. The third-order valence-corrected chi connectivity index (χ3v) is 3.50. The number of hydrogen-bond acceptors (Lipinski definition) is 3. The smallest absolute Gasteiger partial charge is 0.260 e. The lowest BCUT2D eigenvalue weighted by Gasteiger charge is -2.30. The van der Waals surface area contributed by atoms with Crippen molar-refractivity contribution < 1.29 is 14.6 Å². The molecule has 1 saturated heterocycles. The summed E-state index contributed by atoms with van der Waals surface area (Å²) in [6, 6.07) is 5.44. The second-order valence-electron chi connectivity index (χ2n) is 4.86. The number of aliphatic hydroxyl groups excluding tert-OH is 1. The first-order valence-electron chi connectivity index (χ1n) is 6.41. The maximum atomic E-state index is 12.0. The Hall–Kier alpha value is -1.26. The van der Waals surface area contributed by atoms with Crippen LogP contribution >= 0.6 is 11.6 Å². The van der Waals surface area contributed by atoms with Crippen molar-refractivity contribution in [2.45, 2.75) is 25.9 Å². The molecule has 1 aromatic rings. The van der Waals surface area contributed by atoms with Gasteiger partial charge in [0.15, 0.2) is 6.61 Å². The maximum Gasteiger partial charge on any atom is 0.260 e. The summed E-state index contributed by atoms with van der Waals surface area (Å²) in [7, 11) is 0. The first kappa shape index (κ1) is 14.2. The lowest BCUT2D eigenvalue weighted by molar-refractivity contribution is -0.136. The van der Waals surface area contributed by atoms with Crippen LogP contribution in [0.3, 0.4) is 0 Å². The Bertz CT molecular complexity index is 464. The molecule has 1 atom stereocenters. The Morgan fingerprint density at radius 2 is 2.37 bits per heavy atom. The van der Waals surface area contributed by atoms with E-state index in [-0.39, 0.29) is 12.5 Å². The minimum atomic E-state index is -0.416. The van der Waals surface area contributed by atoms with E-state index >= 15 is 0 Å². The van der Waals surface area contributed by atoms with Crippen molar-refractivity contribution in [2.24, 2.45) is 0 Å². The van der Waals surface area contributed by atoms with Gasteiger partial charge in [0.05, 0.1) is 11.1 Å². The third-order valence-electron chi connectivity index (χ3n) is 3.19. The van der Waals surface area contributed by atoms with E-state index in [0.717, 1.165) is 18.4 Å². The Balaban J connectivity index is 1.91. The fourth-order valence-corrected chi connectivity index (χ4v) is 2.31. The van der Waals surface area contributed by atoms with Crippen LogP contribution in [0.15, 0.2) is 18.2 Å². The first-order chi connectivity index (χ1) is 9.06. The van der Waals surface area contributed by atoms with E-state index < -0.39 is 6.10 Å². The zero-order valence-corrected chi connectivity index (χ0v) is 11.7. The second-order valence-corrected chi connectivity index (χ2v) is 5.27. The minimum Gasteiger partial charge on any atom is -0.482 e. The number of amides is 1. The van der Waals surface area contributed by atoms with Gasteiger partial charge in [-0.3, -0.25) is 4.79 Å². The average molecular weight is 284 g/mol. The predicted octanol–water partition coefficient (Wildman–Crippen LogP) is 2.01. The van der Waals surface area contributed by atoms with E-state index in [1.165, 1.54) is 0 Å². The molecule has 19 heavy (non-hydrogen) atoms. The first-order valence-corrected chi connectivity index (χ1v) is 6.79. The predicted molar refractivity (Wildman–Crippen MR) is 73.5 cm³/mol.